The SMILES string of the molecule is COc1ccc(N2CC[C@@]3(CCCNC3)C2=O)cc1. The number of piperidine rings is 1. The predicted octanol–water partition coefficient (Wildman–Crippen LogP) is 1.80. The number of anilines is 1. The lowest BCUT2D eigenvalue weighted by Crippen LogP contribution is -2.45. The minimum Gasteiger partial charge on any atom is -0.497 e. The normalized spacial score (nSPS) is 27.0. The summed E-state index contributed by atoms with van der Waals surface area (Å²) in [6, 6.07) is 7.75. The second-order valence-corrected chi connectivity index (χ2v) is 5.47. The molecule has 1 atom stereocenters. The number of carbonyl (C=O) groups excluding carboxylic acids is 1. The number of nitrogens with zero attached hydrogens (tertiary/aromatic N) is 1. The van der Waals surface area contributed by atoms with Crippen molar-refractivity contribution < 1.29 is 9.53 Å². The minimum atomic E-state index is -0.155. The Labute approximate surface area is 113 Å². The third kappa shape index (κ3) is 2.10. The van der Waals surface area contributed by atoms with Crippen LogP contribution in [-0.2, 0) is 4.79 Å². The number of methoxy groups -OCH3 is 1. The molecule has 1 aromatic rings. The van der Waals surface area contributed by atoms with E-state index in [2.05, 4.69) is 5.32 Å². The van der Waals surface area contributed by atoms with Gasteiger partial charge >= 0.3 is 0 Å². The summed E-state index contributed by atoms with van der Waals surface area (Å²) in [7, 11) is 1.65. The Morgan fingerprint density at radius 3 is 2.68 bits per heavy atom. The molecule has 2 heterocycles. The second kappa shape index (κ2) is 4.85. The highest BCUT2D eigenvalue weighted by atomic mass is 16.5. The quantitative estimate of drug-likeness (QED) is 0.881. The number of hydrogen-bond acceptors (Lipinski definition) is 3. The summed E-state index contributed by atoms with van der Waals surface area (Å²) in [6.07, 6.45) is 3.08. The van der Waals surface area contributed by atoms with Crippen LogP contribution in [0.1, 0.15) is 19.3 Å². The molecule has 0 bridgehead atoms. The molecule has 0 radical (unpaired) electrons. The summed E-state index contributed by atoms with van der Waals surface area (Å²) in [5, 5.41) is 3.37. The maximum atomic E-state index is 12.7. The van der Waals surface area contributed by atoms with Gasteiger partial charge in [-0.2, -0.15) is 0 Å². The summed E-state index contributed by atoms with van der Waals surface area (Å²) >= 11 is 0. The van der Waals surface area contributed by atoms with E-state index in [0.717, 1.165) is 50.3 Å². The molecule has 2 aliphatic rings. The Morgan fingerprint density at radius 1 is 1.26 bits per heavy atom. The molecule has 1 aromatic carbocycles. The molecular formula is C15H20N2O2. The van der Waals surface area contributed by atoms with Gasteiger partial charge in [-0.1, -0.05) is 0 Å². The zero-order valence-electron chi connectivity index (χ0n) is 11.3. The zero-order chi connectivity index (χ0) is 13.3. The van der Waals surface area contributed by atoms with Gasteiger partial charge in [0.25, 0.3) is 0 Å². The molecule has 0 aromatic heterocycles. The number of benzene rings is 1. The average Bonchev–Trinajstić information content (AvgIpc) is 2.77. The van der Waals surface area contributed by atoms with Crippen LogP contribution in [0.25, 0.3) is 0 Å². The fourth-order valence-corrected chi connectivity index (χ4v) is 3.19. The third-order valence-electron chi connectivity index (χ3n) is 4.37. The van der Waals surface area contributed by atoms with Crippen LogP contribution >= 0.6 is 0 Å². The Morgan fingerprint density at radius 2 is 2.05 bits per heavy atom. The molecule has 19 heavy (non-hydrogen) atoms. The van der Waals surface area contributed by atoms with Gasteiger partial charge in [0.15, 0.2) is 0 Å². The minimum absolute atomic E-state index is 0.155. The summed E-state index contributed by atoms with van der Waals surface area (Å²) < 4.78 is 5.16. The molecular weight excluding hydrogens is 240 g/mol. The lowest BCUT2D eigenvalue weighted by Gasteiger charge is -2.32. The molecule has 2 fully saturated rings. The van der Waals surface area contributed by atoms with Crippen LogP contribution < -0.4 is 15.0 Å². The van der Waals surface area contributed by atoms with E-state index in [0.29, 0.717) is 0 Å². The van der Waals surface area contributed by atoms with Crippen molar-refractivity contribution in [2.75, 3.05) is 31.6 Å². The van der Waals surface area contributed by atoms with Gasteiger partial charge in [0, 0.05) is 18.8 Å². The van der Waals surface area contributed by atoms with Crippen LogP contribution in [0.5, 0.6) is 5.75 Å². The predicted molar refractivity (Wildman–Crippen MR) is 74.5 cm³/mol. The highest BCUT2D eigenvalue weighted by molar-refractivity contribution is 6.00. The molecule has 1 spiro atoms. The number of rotatable bonds is 2. The monoisotopic (exact) mass is 260 g/mol. The Hall–Kier alpha value is -1.55. The maximum Gasteiger partial charge on any atom is 0.234 e. The van der Waals surface area contributed by atoms with E-state index in [1.54, 1.807) is 7.11 Å². The molecule has 4 nitrogen and oxygen atoms in total. The van der Waals surface area contributed by atoms with Gasteiger partial charge in [-0.3, -0.25) is 4.79 Å². The van der Waals surface area contributed by atoms with Crippen molar-refractivity contribution in [1.29, 1.82) is 0 Å². The molecule has 0 saturated carbocycles. The molecule has 1 N–H and O–H groups in total. The van der Waals surface area contributed by atoms with E-state index < -0.39 is 0 Å². The summed E-state index contributed by atoms with van der Waals surface area (Å²) in [5.41, 5.74) is 0.825. The first-order valence-corrected chi connectivity index (χ1v) is 6.92. The Kier molecular flexibility index (Phi) is 3.19. The Balaban J connectivity index is 1.80. The highest BCUT2D eigenvalue weighted by Gasteiger charge is 2.47. The first-order valence-electron chi connectivity index (χ1n) is 6.92. The highest BCUT2D eigenvalue weighted by Crippen LogP contribution is 2.39. The lowest BCUT2D eigenvalue weighted by atomic mass is 9.79. The van der Waals surface area contributed by atoms with E-state index >= 15 is 0 Å². The van der Waals surface area contributed by atoms with Crippen molar-refractivity contribution in [3.63, 3.8) is 0 Å². The van der Waals surface area contributed by atoms with Crippen molar-refractivity contribution in [2.24, 2.45) is 5.41 Å². The van der Waals surface area contributed by atoms with Crippen LogP contribution in [0, 0.1) is 5.41 Å². The van der Waals surface area contributed by atoms with Gasteiger partial charge in [-0.25, -0.2) is 0 Å². The van der Waals surface area contributed by atoms with Crippen molar-refractivity contribution in [2.45, 2.75) is 19.3 Å². The second-order valence-electron chi connectivity index (χ2n) is 5.47. The molecule has 102 valence electrons. The van der Waals surface area contributed by atoms with E-state index in [-0.39, 0.29) is 11.3 Å². The van der Waals surface area contributed by atoms with Crippen molar-refractivity contribution in [3.05, 3.63) is 24.3 Å². The van der Waals surface area contributed by atoms with Crippen molar-refractivity contribution in [3.8, 4) is 5.75 Å². The first kappa shape index (κ1) is 12.5. The number of nitrogens with one attached hydrogen (secondary N) is 1. The molecule has 3 rings (SSSR count). The first-order chi connectivity index (χ1) is 9.25. The van der Waals surface area contributed by atoms with Crippen molar-refractivity contribution >= 4 is 11.6 Å². The molecule has 0 aliphatic carbocycles. The van der Waals surface area contributed by atoms with Crippen LogP contribution in [0.2, 0.25) is 0 Å². The summed E-state index contributed by atoms with van der Waals surface area (Å²) in [5.74, 6) is 1.11. The standard InChI is InChI=1S/C15H20N2O2/c1-19-13-5-3-12(4-6-13)17-10-8-15(14(17)18)7-2-9-16-11-15/h3-6,16H,2,7-11H2,1H3/t15-/m1/s1. The van der Waals surface area contributed by atoms with Gasteiger partial charge in [0.1, 0.15) is 5.75 Å². The van der Waals surface area contributed by atoms with E-state index in [9.17, 15) is 4.79 Å². The van der Waals surface area contributed by atoms with Crippen LogP contribution in [0.4, 0.5) is 5.69 Å². The van der Waals surface area contributed by atoms with Gasteiger partial charge in [-0.15, -0.1) is 0 Å². The number of hydrogen-bond donors (Lipinski definition) is 1. The van der Waals surface area contributed by atoms with Gasteiger partial charge in [0.05, 0.1) is 12.5 Å². The summed E-state index contributed by atoms with van der Waals surface area (Å²) in [4.78, 5) is 14.6. The molecule has 2 aliphatic heterocycles. The maximum absolute atomic E-state index is 12.7. The van der Waals surface area contributed by atoms with Crippen LogP contribution in [-0.4, -0.2) is 32.7 Å². The van der Waals surface area contributed by atoms with E-state index in [1.807, 2.05) is 29.2 Å². The topological polar surface area (TPSA) is 41.6 Å². The lowest BCUT2D eigenvalue weighted by molar-refractivity contribution is -0.126. The zero-order valence-corrected chi connectivity index (χ0v) is 11.3. The molecule has 4 heteroatoms. The van der Waals surface area contributed by atoms with E-state index in [1.165, 1.54) is 0 Å². The van der Waals surface area contributed by atoms with Crippen LogP contribution in [0.15, 0.2) is 24.3 Å². The number of carbonyl (C=O) groups is 1. The van der Waals surface area contributed by atoms with E-state index in [4.69, 9.17) is 4.74 Å². The third-order valence-corrected chi connectivity index (χ3v) is 4.37. The fraction of sp³-hybridized carbons (Fsp3) is 0.533. The molecule has 0 unspecified atom stereocenters. The van der Waals surface area contributed by atoms with Gasteiger partial charge in [-0.05, 0) is 50.1 Å². The molecule has 1 amide bonds. The number of amides is 1. The Bertz CT molecular complexity index is 464. The average molecular weight is 260 g/mol. The van der Waals surface area contributed by atoms with Gasteiger partial charge < -0.3 is 15.0 Å². The van der Waals surface area contributed by atoms with Gasteiger partial charge in [0.2, 0.25) is 5.91 Å². The summed E-state index contributed by atoms with van der Waals surface area (Å²) in [6.45, 7) is 2.70. The van der Waals surface area contributed by atoms with Crippen molar-refractivity contribution in [1.82, 2.24) is 5.32 Å². The molecule has 2 saturated heterocycles. The number of ether oxygens (including phenoxy) is 1. The largest absolute Gasteiger partial charge is 0.497 e. The fourth-order valence-electron chi connectivity index (χ4n) is 3.19. The smallest absolute Gasteiger partial charge is 0.234 e. The van der Waals surface area contributed by atoms with Crippen LogP contribution in [0.3, 0.4) is 0 Å².